The van der Waals surface area contributed by atoms with E-state index in [1.165, 1.54) is 10.8 Å². The molecule has 0 aromatic carbocycles. The third kappa shape index (κ3) is 1.26. The number of hydrogen-bond donors (Lipinski definition) is 0. The third-order valence-electron chi connectivity index (χ3n) is 1.30. The number of ketones is 1. The molecule has 0 spiro atoms. The number of carbonyl (C=O) groups is 1. The molecule has 0 aliphatic heterocycles. The van der Waals surface area contributed by atoms with Gasteiger partial charge < -0.3 is 4.57 Å². The van der Waals surface area contributed by atoms with E-state index in [1.54, 1.807) is 7.05 Å². The molecule has 1 heterocycles. The zero-order valence-electron chi connectivity index (χ0n) is 5.84. The molecule has 0 unspecified atom stereocenters. The number of carbonyl (C=O) groups excluding carboxylic acids is 1. The maximum absolute atomic E-state index is 10.9. The molecule has 3 nitrogen and oxygen atoms in total. The number of Topliss-reactive ketones (excluding diaryl/α,β-unsaturated/α-hetero) is 1. The Labute approximate surface area is 69.0 Å². The highest BCUT2D eigenvalue weighted by atomic mass is 35.5. The first-order valence-corrected chi connectivity index (χ1v) is 3.22. The van der Waals surface area contributed by atoms with Crippen molar-refractivity contribution < 1.29 is 4.79 Å². The van der Waals surface area contributed by atoms with Crippen molar-refractivity contribution in [3.63, 3.8) is 0 Å². The highest BCUT2D eigenvalue weighted by Crippen LogP contribution is 2.07. The molecular weight excluding hydrogens is 164 g/mol. The lowest BCUT2D eigenvalue weighted by Crippen LogP contribution is -2.02. The van der Waals surface area contributed by atoms with Crippen LogP contribution in [0.3, 0.4) is 0 Å². The summed E-state index contributed by atoms with van der Waals surface area (Å²) in [5.74, 6) is 1.57. The zero-order valence-corrected chi connectivity index (χ0v) is 6.59. The number of hydrogen-bond acceptors (Lipinski definition) is 2. The molecule has 11 heavy (non-hydrogen) atoms. The first kappa shape index (κ1) is 7.83. The Hall–Kier alpha value is -1.27. The average molecular weight is 169 g/mol. The molecule has 0 N–H and O–H groups in total. The Morgan fingerprint density at radius 2 is 2.55 bits per heavy atom. The van der Waals surface area contributed by atoms with E-state index in [4.69, 9.17) is 18.0 Å². The van der Waals surface area contributed by atoms with Gasteiger partial charge in [-0.25, -0.2) is 4.98 Å². The molecule has 0 aliphatic rings. The topological polar surface area (TPSA) is 34.9 Å². The van der Waals surface area contributed by atoms with Gasteiger partial charge in [0.05, 0.1) is 6.20 Å². The van der Waals surface area contributed by atoms with Gasteiger partial charge in [-0.05, 0) is 17.5 Å². The Morgan fingerprint density at radius 1 is 1.91 bits per heavy atom. The fourth-order valence-electron chi connectivity index (χ4n) is 0.672. The van der Waals surface area contributed by atoms with E-state index < -0.39 is 5.78 Å². The molecule has 4 heteroatoms. The van der Waals surface area contributed by atoms with E-state index in [0.29, 0.717) is 5.69 Å². The zero-order chi connectivity index (χ0) is 8.43. The largest absolute Gasteiger partial charge is 0.315 e. The van der Waals surface area contributed by atoms with E-state index in [-0.39, 0.29) is 5.28 Å². The maximum atomic E-state index is 10.9. The van der Waals surface area contributed by atoms with Crippen LogP contribution in [0.15, 0.2) is 6.20 Å². The van der Waals surface area contributed by atoms with Crippen LogP contribution in [0.1, 0.15) is 10.5 Å². The molecule has 0 bridgehead atoms. The van der Waals surface area contributed by atoms with E-state index in [2.05, 4.69) is 4.98 Å². The van der Waals surface area contributed by atoms with Gasteiger partial charge in [-0.3, -0.25) is 4.79 Å². The van der Waals surface area contributed by atoms with E-state index in [1.807, 2.05) is 5.92 Å². The van der Waals surface area contributed by atoms with Crippen LogP contribution in [0, 0.1) is 12.3 Å². The predicted octanol–water partition coefficient (Wildman–Crippen LogP) is 0.889. The first-order valence-electron chi connectivity index (χ1n) is 2.85. The minimum Gasteiger partial charge on any atom is -0.315 e. The fourth-order valence-corrected chi connectivity index (χ4v) is 0.812. The number of rotatable bonds is 1. The second-order valence-electron chi connectivity index (χ2n) is 1.94. The summed E-state index contributed by atoms with van der Waals surface area (Å²) in [5, 5.41) is 0.253. The average Bonchev–Trinajstić information content (AvgIpc) is 2.32. The molecule has 0 saturated heterocycles. The van der Waals surface area contributed by atoms with Crippen LogP contribution in [-0.4, -0.2) is 15.3 Å². The van der Waals surface area contributed by atoms with Gasteiger partial charge in [-0.2, -0.15) is 0 Å². The van der Waals surface area contributed by atoms with Crippen molar-refractivity contribution in [1.82, 2.24) is 9.55 Å². The highest BCUT2D eigenvalue weighted by Gasteiger charge is 2.09. The molecule has 56 valence electrons. The lowest BCUT2D eigenvalue weighted by atomic mass is 10.3. The summed E-state index contributed by atoms with van der Waals surface area (Å²) >= 11 is 5.56. The van der Waals surface area contributed by atoms with E-state index in [0.717, 1.165) is 0 Å². The van der Waals surface area contributed by atoms with Gasteiger partial charge in [0.25, 0.3) is 5.78 Å². The standard InChI is InChI=1S/C7H5ClN2O/c1-3-6(11)5-4-9-7(8)10(5)2/h1,4H,2H3. The fraction of sp³-hybridized carbons (Fsp3) is 0.143. The van der Waals surface area contributed by atoms with Gasteiger partial charge >= 0.3 is 0 Å². The lowest BCUT2D eigenvalue weighted by molar-refractivity contribution is 0.104. The maximum Gasteiger partial charge on any atom is 0.253 e. The van der Waals surface area contributed by atoms with Gasteiger partial charge in [-0.15, -0.1) is 6.42 Å². The van der Waals surface area contributed by atoms with Crippen molar-refractivity contribution in [2.45, 2.75) is 0 Å². The first-order chi connectivity index (χ1) is 5.16. The molecular formula is C7H5ClN2O. The Balaban J connectivity index is 3.17. The van der Waals surface area contributed by atoms with Crippen molar-refractivity contribution in [1.29, 1.82) is 0 Å². The molecule has 1 aromatic heterocycles. The van der Waals surface area contributed by atoms with Gasteiger partial charge in [0.2, 0.25) is 5.28 Å². The van der Waals surface area contributed by atoms with E-state index in [9.17, 15) is 4.79 Å². The second kappa shape index (κ2) is 2.77. The van der Waals surface area contributed by atoms with Crippen LogP contribution in [0.4, 0.5) is 0 Å². The van der Waals surface area contributed by atoms with Crippen molar-refractivity contribution in [2.24, 2.45) is 7.05 Å². The summed E-state index contributed by atoms with van der Waals surface area (Å²) in [6.45, 7) is 0. The molecule has 0 aliphatic carbocycles. The quantitative estimate of drug-likeness (QED) is 0.355. The normalized spacial score (nSPS) is 9.18. The summed E-state index contributed by atoms with van der Waals surface area (Å²) in [6, 6.07) is 0. The smallest absolute Gasteiger partial charge is 0.253 e. The van der Waals surface area contributed by atoms with Crippen LogP contribution < -0.4 is 0 Å². The number of aromatic nitrogens is 2. The highest BCUT2D eigenvalue weighted by molar-refractivity contribution is 6.28. The number of imidazole rings is 1. The van der Waals surface area contributed by atoms with Gasteiger partial charge in [-0.1, -0.05) is 0 Å². The Morgan fingerprint density at radius 3 is 2.91 bits per heavy atom. The third-order valence-corrected chi connectivity index (χ3v) is 1.65. The van der Waals surface area contributed by atoms with Gasteiger partial charge in [0.15, 0.2) is 0 Å². The Kier molecular flexibility index (Phi) is 1.97. The minimum atomic E-state index is -0.410. The molecule has 0 saturated carbocycles. The van der Waals surface area contributed by atoms with Gasteiger partial charge in [0, 0.05) is 7.05 Å². The van der Waals surface area contributed by atoms with Crippen LogP contribution >= 0.6 is 11.6 Å². The van der Waals surface area contributed by atoms with Crippen molar-refractivity contribution in [2.75, 3.05) is 0 Å². The van der Waals surface area contributed by atoms with Crippen molar-refractivity contribution in [3.8, 4) is 12.3 Å². The second-order valence-corrected chi connectivity index (χ2v) is 2.28. The lowest BCUT2D eigenvalue weighted by Gasteiger charge is -1.94. The summed E-state index contributed by atoms with van der Waals surface area (Å²) in [5.41, 5.74) is 0.331. The molecule has 0 amide bonds. The van der Waals surface area contributed by atoms with Crippen molar-refractivity contribution in [3.05, 3.63) is 17.2 Å². The molecule has 1 aromatic rings. The van der Waals surface area contributed by atoms with Crippen LogP contribution in [0.25, 0.3) is 0 Å². The van der Waals surface area contributed by atoms with Gasteiger partial charge in [0.1, 0.15) is 5.69 Å². The molecule has 0 atom stereocenters. The van der Waals surface area contributed by atoms with Crippen molar-refractivity contribution >= 4 is 17.4 Å². The summed E-state index contributed by atoms with van der Waals surface area (Å²) in [6.07, 6.45) is 6.25. The van der Waals surface area contributed by atoms with Crippen LogP contribution in [0.5, 0.6) is 0 Å². The monoisotopic (exact) mass is 168 g/mol. The summed E-state index contributed by atoms with van der Waals surface area (Å²) < 4.78 is 1.43. The minimum absolute atomic E-state index is 0.253. The molecule has 0 radical (unpaired) electrons. The number of nitrogens with zero attached hydrogens (tertiary/aromatic N) is 2. The summed E-state index contributed by atoms with van der Waals surface area (Å²) in [4.78, 5) is 14.6. The van der Waals surface area contributed by atoms with Crippen LogP contribution in [0.2, 0.25) is 5.28 Å². The van der Waals surface area contributed by atoms with E-state index >= 15 is 0 Å². The predicted molar refractivity (Wildman–Crippen MR) is 41.4 cm³/mol. The number of terminal acetylenes is 1. The number of halogens is 1. The molecule has 1 rings (SSSR count). The summed E-state index contributed by atoms with van der Waals surface area (Å²) in [7, 11) is 1.62. The SMILES string of the molecule is C#CC(=O)c1cnc(Cl)n1C. The van der Waals surface area contributed by atoms with Crippen LogP contribution in [-0.2, 0) is 7.05 Å². The molecule has 0 fully saturated rings. The Bertz CT molecular complexity index is 335.